The Morgan fingerprint density at radius 3 is 1.90 bits per heavy atom. The van der Waals surface area contributed by atoms with Crippen LogP contribution in [0.1, 0.15) is 13.3 Å². The van der Waals surface area contributed by atoms with Crippen LogP contribution < -0.4 is 0 Å². The molecule has 1 atom stereocenters. The Balaban J connectivity index is 3.68. The van der Waals surface area contributed by atoms with Crippen molar-refractivity contribution in [1.82, 2.24) is 0 Å². The molecule has 0 aliphatic heterocycles. The molecule has 0 aliphatic rings. The average Bonchev–Trinajstić information content (AvgIpc) is 1.60. The first-order valence-electron chi connectivity index (χ1n) is 2.52. The van der Waals surface area contributed by atoms with E-state index >= 15 is 0 Å². The van der Waals surface area contributed by atoms with E-state index in [0.29, 0.717) is 6.92 Å². The highest BCUT2D eigenvalue weighted by molar-refractivity contribution is 4.78. The highest BCUT2D eigenvalue weighted by atomic mass is 19.3. The van der Waals surface area contributed by atoms with Gasteiger partial charge < -0.3 is 0 Å². The van der Waals surface area contributed by atoms with E-state index in [-0.39, 0.29) is 0 Å². The Morgan fingerprint density at radius 1 is 1.40 bits per heavy atom. The molecule has 0 aromatic heterocycles. The molecule has 0 saturated carbocycles. The summed E-state index contributed by atoms with van der Waals surface area (Å²) in [7, 11) is 0. The van der Waals surface area contributed by atoms with Crippen LogP contribution in [0.25, 0.3) is 0 Å². The predicted molar refractivity (Wildman–Crippen MR) is 25.6 cm³/mol. The molecule has 1 radical (unpaired) electrons. The van der Waals surface area contributed by atoms with Gasteiger partial charge in [0.05, 0.1) is 0 Å². The summed E-state index contributed by atoms with van der Waals surface area (Å²) in [6.45, 7) is 0.391. The van der Waals surface area contributed by atoms with Crippen molar-refractivity contribution in [2.24, 2.45) is 0 Å². The molecular weight excluding hydrogens is 155 g/mol. The monoisotopic (exact) mass is 161 g/mol. The molecule has 0 amide bonds. The van der Waals surface area contributed by atoms with E-state index in [1.54, 1.807) is 0 Å². The van der Waals surface area contributed by atoms with Gasteiger partial charge in [0.2, 0.25) is 5.92 Å². The first-order chi connectivity index (χ1) is 4.33. The van der Waals surface area contributed by atoms with E-state index in [1.165, 1.54) is 0 Å². The Labute approximate surface area is 55.0 Å². The molecule has 10 heavy (non-hydrogen) atoms. The molecule has 0 rings (SSSR count). The van der Waals surface area contributed by atoms with Crippen LogP contribution in [0, 0.1) is 6.43 Å². The van der Waals surface area contributed by atoms with Crippen LogP contribution in [0.2, 0.25) is 0 Å². The summed E-state index contributed by atoms with van der Waals surface area (Å²) in [4.78, 5) is 0. The van der Waals surface area contributed by atoms with Gasteiger partial charge in [-0.1, -0.05) is 0 Å². The summed E-state index contributed by atoms with van der Waals surface area (Å²) in [5.41, 5.74) is 0. The topological polar surface area (TPSA) is 0 Å². The smallest absolute Gasteiger partial charge is 0.240 e. The molecule has 0 N–H and O–H groups in total. The summed E-state index contributed by atoms with van der Waals surface area (Å²) in [5, 5.41) is 0. The first-order valence-corrected chi connectivity index (χ1v) is 2.52. The van der Waals surface area contributed by atoms with Crippen molar-refractivity contribution in [2.75, 3.05) is 0 Å². The van der Waals surface area contributed by atoms with Gasteiger partial charge in [-0.25, -0.2) is 13.2 Å². The fourth-order valence-electron chi connectivity index (χ4n) is 0.392. The second-order valence-corrected chi connectivity index (χ2v) is 2.03. The van der Waals surface area contributed by atoms with Crippen molar-refractivity contribution in [2.45, 2.75) is 25.4 Å². The van der Waals surface area contributed by atoms with Crippen molar-refractivity contribution in [3.05, 3.63) is 6.43 Å². The minimum atomic E-state index is -3.37. The Bertz CT molecular complexity index is 94.7. The first kappa shape index (κ1) is 9.65. The fraction of sp³-hybridized carbons (Fsp3) is 0.800. The lowest BCUT2D eigenvalue weighted by atomic mass is 10.2. The zero-order valence-electron chi connectivity index (χ0n) is 5.17. The van der Waals surface area contributed by atoms with Gasteiger partial charge in [0.25, 0.3) is 0 Å². The molecule has 0 bridgehead atoms. The summed E-state index contributed by atoms with van der Waals surface area (Å²) in [6.07, 6.45) is -6.85. The van der Waals surface area contributed by atoms with E-state index in [4.69, 9.17) is 0 Å². The molecule has 0 aromatic carbocycles. The third-order valence-electron chi connectivity index (χ3n) is 0.774. The summed E-state index contributed by atoms with van der Waals surface area (Å²) < 4.78 is 57.6. The van der Waals surface area contributed by atoms with Gasteiger partial charge in [-0.05, 0) is 6.92 Å². The van der Waals surface area contributed by atoms with Crippen LogP contribution >= 0.6 is 0 Å². The Hall–Kier alpha value is -0.350. The molecule has 0 saturated heterocycles. The van der Waals surface area contributed by atoms with Crippen LogP contribution in [0.4, 0.5) is 22.0 Å². The lowest BCUT2D eigenvalue weighted by Gasteiger charge is -2.11. The summed E-state index contributed by atoms with van der Waals surface area (Å²) in [5.74, 6) is -3.37. The van der Waals surface area contributed by atoms with E-state index < -0.39 is 24.9 Å². The standard InChI is InChI=1S/C5H6F5/c1-5(9,10)2-3(6)4(7)8/h3H,2H2,1H3. The Kier molecular flexibility index (Phi) is 3.05. The second-order valence-electron chi connectivity index (χ2n) is 2.03. The van der Waals surface area contributed by atoms with E-state index in [0.717, 1.165) is 0 Å². The zero-order valence-corrected chi connectivity index (χ0v) is 5.17. The molecule has 0 nitrogen and oxygen atoms in total. The molecule has 0 aliphatic carbocycles. The van der Waals surface area contributed by atoms with Crippen molar-refractivity contribution >= 4 is 0 Å². The molecule has 0 aromatic rings. The number of alkyl halides is 3. The zero-order chi connectivity index (χ0) is 8.36. The highest BCUT2D eigenvalue weighted by Crippen LogP contribution is 2.26. The fourth-order valence-corrected chi connectivity index (χ4v) is 0.392. The molecule has 0 heterocycles. The van der Waals surface area contributed by atoms with E-state index in [9.17, 15) is 22.0 Å². The van der Waals surface area contributed by atoms with Crippen molar-refractivity contribution < 1.29 is 22.0 Å². The number of rotatable bonds is 3. The van der Waals surface area contributed by atoms with Crippen molar-refractivity contribution in [3.63, 3.8) is 0 Å². The molecule has 0 spiro atoms. The molecule has 61 valence electrons. The summed E-state index contributed by atoms with van der Waals surface area (Å²) in [6, 6.07) is 0. The minimum absolute atomic E-state index is 0.391. The maximum absolute atomic E-state index is 11.8. The van der Waals surface area contributed by atoms with Gasteiger partial charge in [-0.3, -0.25) is 0 Å². The number of hydrogen-bond donors (Lipinski definition) is 0. The number of hydrogen-bond acceptors (Lipinski definition) is 0. The van der Waals surface area contributed by atoms with Crippen molar-refractivity contribution in [1.29, 1.82) is 0 Å². The van der Waals surface area contributed by atoms with Gasteiger partial charge >= 0.3 is 6.43 Å². The van der Waals surface area contributed by atoms with E-state index in [1.807, 2.05) is 0 Å². The SMILES string of the molecule is CC(F)(F)CC(F)[C](F)F. The lowest BCUT2D eigenvalue weighted by Crippen LogP contribution is -2.19. The third kappa shape index (κ3) is 4.52. The van der Waals surface area contributed by atoms with Crippen LogP contribution in [0.3, 0.4) is 0 Å². The molecule has 1 unspecified atom stereocenters. The maximum atomic E-state index is 11.8. The molecule has 0 fully saturated rings. The van der Waals surface area contributed by atoms with Crippen LogP contribution in [0.5, 0.6) is 0 Å². The lowest BCUT2D eigenvalue weighted by molar-refractivity contribution is -0.0217. The van der Waals surface area contributed by atoms with E-state index in [2.05, 4.69) is 0 Å². The van der Waals surface area contributed by atoms with Crippen LogP contribution in [0.15, 0.2) is 0 Å². The van der Waals surface area contributed by atoms with Crippen molar-refractivity contribution in [3.8, 4) is 0 Å². The maximum Gasteiger partial charge on any atom is 0.343 e. The van der Waals surface area contributed by atoms with Gasteiger partial charge in [-0.2, -0.15) is 8.78 Å². The van der Waals surface area contributed by atoms with Crippen LogP contribution in [-0.2, 0) is 0 Å². The largest absolute Gasteiger partial charge is 0.343 e. The van der Waals surface area contributed by atoms with Gasteiger partial charge in [0.15, 0.2) is 6.17 Å². The van der Waals surface area contributed by atoms with Gasteiger partial charge in [0.1, 0.15) is 0 Å². The highest BCUT2D eigenvalue weighted by Gasteiger charge is 2.33. The second kappa shape index (κ2) is 3.16. The summed E-state index contributed by atoms with van der Waals surface area (Å²) >= 11 is 0. The normalized spacial score (nSPS) is 15.9. The Morgan fingerprint density at radius 2 is 1.80 bits per heavy atom. The van der Waals surface area contributed by atoms with Gasteiger partial charge in [-0.15, -0.1) is 0 Å². The predicted octanol–water partition coefficient (Wildman–Crippen LogP) is 2.80. The minimum Gasteiger partial charge on any atom is -0.240 e. The third-order valence-corrected chi connectivity index (χ3v) is 0.774. The quantitative estimate of drug-likeness (QED) is 0.558. The van der Waals surface area contributed by atoms with Crippen LogP contribution in [-0.4, -0.2) is 12.1 Å². The van der Waals surface area contributed by atoms with Gasteiger partial charge in [0, 0.05) is 6.42 Å². The molecule has 5 heteroatoms. The average molecular weight is 161 g/mol. The number of halogens is 5. The molecular formula is C5H6F5.